The molecular weight excluding hydrogens is 386 g/mol. The molecule has 0 radical (unpaired) electrons. The number of aromatic nitrogens is 1. The summed E-state index contributed by atoms with van der Waals surface area (Å²) >= 11 is 0. The van der Waals surface area contributed by atoms with E-state index in [1.54, 1.807) is 35.5 Å². The third-order valence-electron chi connectivity index (χ3n) is 5.40. The minimum Gasteiger partial charge on any atom is -0.493 e. The zero-order valence-electron chi connectivity index (χ0n) is 17.6. The smallest absolute Gasteiger partial charge is 0.205 e. The number of aryl methyl sites for hydroxylation is 1. The lowest BCUT2D eigenvalue weighted by Gasteiger charge is -2.19. The maximum atomic E-state index is 12.8. The van der Waals surface area contributed by atoms with Gasteiger partial charge in [0.2, 0.25) is 5.75 Å². The summed E-state index contributed by atoms with van der Waals surface area (Å²) in [4.78, 5) is 17.6. The molecule has 30 heavy (non-hydrogen) atoms. The van der Waals surface area contributed by atoms with Crippen molar-refractivity contribution in [1.82, 2.24) is 4.98 Å². The second-order valence-corrected chi connectivity index (χ2v) is 6.84. The van der Waals surface area contributed by atoms with Crippen LogP contribution in [-0.4, -0.2) is 46.3 Å². The van der Waals surface area contributed by atoms with Crippen molar-refractivity contribution in [2.24, 2.45) is 0 Å². The number of Topliss-reactive ketones (excluding diaryl/α,β-unsaturated/α-hetero) is 1. The van der Waals surface area contributed by atoms with Gasteiger partial charge in [-0.15, -0.1) is 0 Å². The van der Waals surface area contributed by atoms with E-state index < -0.39 is 0 Å². The van der Waals surface area contributed by atoms with Crippen molar-refractivity contribution in [3.8, 4) is 39.9 Å². The Morgan fingerprint density at radius 1 is 0.733 bits per heavy atom. The largest absolute Gasteiger partial charge is 0.493 e. The van der Waals surface area contributed by atoms with Crippen molar-refractivity contribution in [1.29, 1.82) is 0 Å². The van der Waals surface area contributed by atoms with E-state index in [2.05, 4.69) is 0 Å². The lowest BCUT2D eigenvalue weighted by Crippen LogP contribution is -2.03. The number of ketones is 1. The van der Waals surface area contributed by atoms with Crippen LogP contribution in [0.5, 0.6) is 28.7 Å². The molecule has 3 aromatic rings. The standard InChI is InChI=1S/C23H23NO6/c1-26-16-9-6-12(10-17(16)27-2)19-13-11-18(28-3)22(29-4)23(30-5)21(13)24-14-7-8-15(25)20(14)19/h6,9-11H,7-8H2,1-5H3. The first kappa shape index (κ1) is 19.8. The molecule has 0 aliphatic heterocycles. The second-order valence-electron chi connectivity index (χ2n) is 6.84. The molecule has 7 nitrogen and oxygen atoms in total. The van der Waals surface area contributed by atoms with E-state index in [-0.39, 0.29) is 5.78 Å². The quantitative estimate of drug-likeness (QED) is 0.607. The van der Waals surface area contributed by atoms with Crippen molar-refractivity contribution in [2.75, 3.05) is 35.5 Å². The first-order chi connectivity index (χ1) is 14.6. The number of carbonyl (C=O) groups is 1. The van der Waals surface area contributed by atoms with Gasteiger partial charge in [-0.3, -0.25) is 4.79 Å². The summed E-state index contributed by atoms with van der Waals surface area (Å²) in [7, 11) is 7.85. The Kier molecular flexibility index (Phi) is 5.11. The molecule has 0 spiro atoms. The van der Waals surface area contributed by atoms with E-state index in [9.17, 15) is 4.79 Å². The monoisotopic (exact) mass is 409 g/mol. The highest BCUT2D eigenvalue weighted by molar-refractivity contribution is 6.14. The van der Waals surface area contributed by atoms with Gasteiger partial charge in [0, 0.05) is 22.9 Å². The predicted molar refractivity (Wildman–Crippen MR) is 113 cm³/mol. The fraction of sp³-hybridized carbons (Fsp3) is 0.304. The van der Waals surface area contributed by atoms with Gasteiger partial charge in [0.1, 0.15) is 5.52 Å². The first-order valence-electron chi connectivity index (χ1n) is 9.49. The Morgan fingerprint density at radius 2 is 1.43 bits per heavy atom. The van der Waals surface area contributed by atoms with Gasteiger partial charge in [-0.05, 0) is 30.2 Å². The summed E-state index contributed by atoms with van der Waals surface area (Å²) in [6.07, 6.45) is 1.01. The average Bonchev–Trinajstić information content (AvgIpc) is 3.15. The molecule has 2 aromatic carbocycles. The molecule has 1 aromatic heterocycles. The predicted octanol–water partition coefficient (Wildman–Crippen LogP) is 4.07. The SMILES string of the molecule is COc1ccc(-c2c3c(nc4c(OC)c(OC)c(OC)cc24)CCC3=O)cc1OC. The van der Waals surface area contributed by atoms with Crippen LogP contribution in [-0.2, 0) is 6.42 Å². The van der Waals surface area contributed by atoms with Crippen LogP contribution < -0.4 is 23.7 Å². The number of hydrogen-bond donors (Lipinski definition) is 0. The fourth-order valence-electron chi connectivity index (χ4n) is 4.04. The summed E-state index contributed by atoms with van der Waals surface area (Å²) in [5.74, 6) is 2.68. The molecule has 1 aliphatic carbocycles. The summed E-state index contributed by atoms with van der Waals surface area (Å²) in [6, 6.07) is 7.43. The fourth-order valence-corrected chi connectivity index (χ4v) is 4.04. The molecular formula is C23H23NO6. The third kappa shape index (κ3) is 2.89. The first-order valence-corrected chi connectivity index (χ1v) is 9.49. The van der Waals surface area contributed by atoms with Crippen LogP contribution >= 0.6 is 0 Å². The van der Waals surface area contributed by atoms with Crippen molar-refractivity contribution in [3.63, 3.8) is 0 Å². The molecule has 1 heterocycles. The lowest BCUT2D eigenvalue weighted by atomic mass is 9.93. The number of rotatable bonds is 6. The highest BCUT2D eigenvalue weighted by atomic mass is 16.5. The lowest BCUT2D eigenvalue weighted by molar-refractivity contribution is 0.0995. The molecule has 7 heteroatoms. The number of benzene rings is 2. The molecule has 0 fully saturated rings. The summed E-state index contributed by atoms with van der Waals surface area (Å²) < 4.78 is 27.6. The number of nitrogens with zero attached hydrogens (tertiary/aromatic N) is 1. The molecule has 0 saturated carbocycles. The number of methoxy groups -OCH3 is 5. The van der Waals surface area contributed by atoms with E-state index in [1.807, 2.05) is 24.3 Å². The van der Waals surface area contributed by atoms with E-state index in [0.717, 1.165) is 22.2 Å². The van der Waals surface area contributed by atoms with E-state index in [1.165, 1.54) is 0 Å². The maximum absolute atomic E-state index is 12.8. The Bertz CT molecular complexity index is 1150. The van der Waals surface area contributed by atoms with Crippen LogP contribution in [0.4, 0.5) is 0 Å². The third-order valence-corrected chi connectivity index (χ3v) is 5.40. The van der Waals surface area contributed by atoms with E-state index in [4.69, 9.17) is 28.7 Å². The Hall–Kier alpha value is -3.48. The Labute approximate surface area is 174 Å². The molecule has 156 valence electrons. The van der Waals surface area contributed by atoms with Crippen LogP contribution in [0.25, 0.3) is 22.0 Å². The number of pyridine rings is 1. The van der Waals surface area contributed by atoms with Crippen LogP contribution in [0.3, 0.4) is 0 Å². The highest BCUT2D eigenvalue weighted by Crippen LogP contribution is 2.48. The topological polar surface area (TPSA) is 76.1 Å². The van der Waals surface area contributed by atoms with E-state index >= 15 is 0 Å². The molecule has 4 rings (SSSR count). The van der Waals surface area contributed by atoms with Gasteiger partial charge in [-0.2, -0.15) is 0 Å². The van der Waals surface area contributed by atoms with Crippen LogP contribution in [0, 0.1) is 0 Å². The molecule has 0 amide bonds. The Morgan fingerprint density at radius 3 is 2.07 bits per heavy atom. The highest BCUT2D eigenvalue weighted by Gasteiger charge is 2.30. The molecule has 0 N–H and O–H groups in total. The van der Waals surface area contributed by atoms with Gasteiger partial charge >= 0.3 is 0 Å². The zero-order chi connectivity index (χ0) is 21.4. The van der Waals surface area contributed by atoms with Crippen LogP contribution in [0.2, 0.25) is 0 Å². The zero-order valence-corrected chi connectivity index (χ0v) is 17.6. The minimum atomic E-state index is 0.0675. The molecule has 0 saturated heterocycles. The number of ether oxygens (including phenoxy) is 5. The van der Waals surface area contributed by atoms with Crippen molar-refractivity contribution < 1.29 is 28.5 Å². The van der Waals surface area contributed by atoms with Gasteiger partial charge in [-0.25, -0.2) is 4.98 Å². The van der Waals surface area contributed by atoms with Crippen LogP contribution in [0.1, 0.15) is 22.5 Å². The molecule has 0 atom stereocenters. The average molecular weight is 409 g/mol. The van der Waals surface area contributed by atoms with E-state index in [0.29, 0.717) is 52.7 Å². The normalized spacial score (nSPS) is 12.6. The van der Waals surface area contributed by atoms with Crippen molar-refractivity contribution >= 4 is 16.7 Å². The minimum absolute atomic E-state index is 0.0675. The number of carbonyl (C=O) groups excluding carboxylic acids is 1. The molecule has 1 aliphatic rings. The summed E-state index contributed by atoms with van der Waals surface area (Å²) in [6.45, 7) is 0. The summed E-state index contributed by atoms with van der Waals surface area (Å²) in [5.41, 5.74) is 3.60. The molecule has 0 unspecified atom stereocenters. The number of hydrogen-bond acceptors (Lipinski definition) is 7. The number of fused-ring (bicyclic) bond motifs is 2. The van der Waals surface area contributed by atoms with Gasteiger partial charge in [0.25, 0.3) is 0 Å². The van der Waals surface area contributed by atoms with Gasteiger partial charge in [0.15, 0.2) is 28.8 Å². The Balaban J connectivity index is 2.15. The maximum Gasteiger partial charge on any atom is 0.205 e. The van der Waals surface area contributed by atoms with Gasteiger partial charge in [0.05, 0.1) is 41.2 Å². The second kappa shape index (κ2) is 7.74. The van der Waals surface area contributed by atoms with Crippen molar-refractivity contribution in [2.45, 2.75) is 12.8 Å². The molecule has 0 bridgehead atoms. The van der Waals surface area contributed by atoms with Gasteiger partial charge in [-0.1, -0.05) is 6.07 Å². The summed E-state index contributed by atoms with van der Waals surface area (Å²) in [5, 5.41) is 0.741. The van der Waals surface area contributed by atoms with Crippen LogP contribution in [0.15, 0.2) is 24.3 Å². The van der Waals surface area contributed by atoms with Gasteiger partial charge < -0.3 is 23.7 Å². The van der Waals surface area contributed by atoms with Crippen molar-refractivity contribution in [3.05, 3.63) is 35.5 Å².